The second kappa shape index (κ2) is 6.13. The van der Waals surface area contributed by atoms with Gasteiger partial charge in [0.25, 0.3) is 0 Å². The van der Waals surface area contributed by atoms with E-state index in [1.807, 2.05) is 6.07 Å². The van der Waals surface area contributed by atoms with Gasteiger partial charge in [-0.1, -0.05) is 11.6 Å². The monoisotopic (exact) mass is 376 g/mol. The number of H-pyrrole nitrogens is 1. The van der Waals surface area contributed by atoms with Crippen LogP contribution in [-0.4, -0.2) is 35.0 Å². The maximum atomic E-state index is 13.3. The molecule has 4 rings (SSSR count). The standard InChI is InChI=1S/C17H17ClN4O2S/c18-12-1-3-17(4-2-12)25(23,24)22-15-5-11(10-19)6-16(22)9-14-7-13(8-15)20-21-14/h1-4,7,11,15-16H,5-6,8-9H2,(H,20,21). The molecule has 3 unspecified atom stereocenters. The number of sulfonamides is 1. The molecule has 0 amide bonds. The van der Waals surface area contributed by atoms with Gasteiger partial charge >= 0.3 is 0 Å². The molecule has 1 N–H and O–H groups in total. The second-order valence-corrected chi connectivity index (χ2v) is 8.97. The Hall–Kier alpha value is -1.88. The van der Waals surface area contributed by atoms with Gasteiger partial charge in [-0.25, -0.2) is 8.42 Å². The number of benzene rings is 1. The van der Waals surface area contributed by atoms with Gasteiger partial charge in [0.1, 0.15) is 0 Å². The largest absolute Gasteiger partial charge is 0.282 e. The van der Waals surface area contributed by atoms with Crippen LogP contribution in [0.1, 0.15) is 24.2 Å². The maximum absolute atomic E-state index is 13.3. The molecule has 2 aliphatic rings. The van der Waals surface area contributed by atoms with Crippen molar-refractivity contribution in [1.29, 1.82) is 5.26 Å². The molecule has 25 heavy (non-hydrogen) atoms. The normalized spacial score (nSPS) is 26.5. The van der Waals surface area contributed by atoms with E-state index in [9.17, 15) is 13.7 Å². The molecule has 0 radical (unpaired) electrons. The highest BCUT2D eigenvalue weighted by Gasteiger charge is 2.44. The number of halogens is 1. The molecule has 3 heterocycles. The second-order valence-electron chi connectivity index (χ2n) is 6.69. The number of aromatic amines is 1. The summed E-state index contributed by atoms with van der Waals surface area (Å²) in [5, 5.41) is 17.2. The predicted molar refractivity (Wildman–Crippen MR) is 92.4 cm³/mol. The van der Waals surface area contributed by atoms with E-state index in [2.05, 4.69) is 16.3 Å². The highest BCUT2D eigenvalue weighted by Crippen LogP contribution is 2.37. The first kappa shape index (κ1) is 16.6. The minimum atomic E-state index is -3.67. The summed E-state index contributed by atoms with van der Waals surface area (Å²) in [4.78, 5) is 0.235. The van der Waals surface area contributed by atoms with Crippen LogP contribution in [0.4, 0.5) is 0 Å². The van der Waals surface area contributed by atoms with Crippen molar-refractivity contribution in [1.82, 2.24) is 14.5 Å². The average Bonchev–Trinajstić information content (AvgIpc) is 3.01. The van der Waals surface area contributed by atoms with Crippen molar-refractivity contribution < 1.29 is 8.42 Å². The van der Waals surface area contributed by atoms with E-state index >= 15 is 0 Å². The molecule has 2 aromatic rings. The summed E-state index contributed by atoms with van der Waals surface area (Å²) < 4.78 is 28.3. The van der Waals surface area contributed by atoms with E-state index in [1.165, 1.54) is 12.1 Å². The topological polar surface area (TPSA) is 89.8 Å². The number of piperidine rings is 1. The number of nitrogens with zero attached hydrogens (tertiary/aromatic N) is 3. The van der Waals surface area contributed by atoms with Crippen LogP contribution in [-0.2, 0) is 22.9 Å². The molecule has 4 bridgehead atoms. The Morgan fingerprint density at radius 3 is 2.56 bits per heavy atom. The van der Waals surface area contributed by atoms with E-state index in [0.29, 0.717) is 30.7 Å². The number of fused-ring (bicyclic) bond motifs is 4. The van der Waals surface area contributed by atoms with Gasteiger partial charge in [-0.2, -0.15) is 14.7 Å². The van der Waals surface area contributed by atoms with E-state index in [-0.39, 0.29) is 22.9 Å². The third kappa shape index (κ3) is 2.95. The third-order valence-corrected chi connectivity index (χ3v) is 7.26. The number of rotatable bonds is 2. The molecule has 130 valence electrons. The number of nitrogens with one attached hydrogen (secondary N) is 1. The molecule has 1 aromatic heterocycles. The summed E-state index contributed by atoms with van der Waals surface area (Å²) >= 11 is 5.90. The summed E-state index contributed by atoms with van der Waals surface area (Å²) in [5.41, 5.74) is 1.75. The lowest BCUT2D eigenvalue weighted by molar-refractivity contribution is 0.150. The van der Waals surface area contributed by atoms with E-state index in [0.717, 1.165) is 11.4 Å². The first-order chi connectivity index (χ1) is 12.0. The number of nitriles is 1. The van der Waals surface area contributed by atoms with Crippen LogP contribution < -0.4 is 0 Å². The zero-order chi connectivity index (χ0) is 17.6. The molecular weight excluding hydrogens is 360 g/mol. The lowest BCUT2D eigenvalue weighted by Crippen LogP contribution is -2.54. The molecular formula is C17H17ClN4O2S. The lowest BCUT2D eigenvalue weighted by atomic mass is 9.84. The average molecular weight is 377 g/mol. The summed E-state index contributed by atoms with van der Waals surface area (Å²) in [5.74, 6) is -0.134. The van der Waals surface area contributed by atoms with Gasteiger partial charge in [-0.3, -0.25) is 5.10 Å². The van der Waals surface area contributed by atoms with Crippen molar-refractivity contribution in [2.24, 2.45) is 5.92 Å². The van der Waals surface area contributed by atoms with Crippen molar-refractivity contribution in [3.8, 4) is 6.07 Å². The Labute approximate surface area is 151 Å². The molecule has 3 atom stereocenters. The fourth-order valence-electron chi connectivity index (χ4n) is 3.95. The van der Waals surface area contributed by atoms with Crippen LogP contribution in [0.15, 0.2) is 35.2 Å². The van der Waals surface area contributed by atoms with Gasteiger partial charge in [-0.15, -0.1) is 0 Å². The molecule has 6 nitrogen and oxygen atoms in total. The highest BCUT2D eigenvalue weighted by molar-refractivity contribution is 7.89. The number of hydrogen-bond acceptors (Lipinski definition) is 4. The first-order valence-electron chi connectivity index (χ1n) is 8.19. The van der Waals surface area contributed by atoms with E-state index in [4.69, 9.17) is 11.6 Å². The van der Waals surface area contributed by atoms with Crippen molar-refractivity contribution in [3.05, 3.63) is 46.7 Å². The summed E-state index contributed by atoms with van der Waals surface area (Å²) in [6.07, 6.45) is 2.11. The lowest BCUT2D eigenvalue weighted by Gasteiger charge is -2.43. The Bertz CT molecular complexity index is 902. The fraction of sp³-hybridized carbons (Fsp3) is 0.412. The maximum Gasteiger partial charge on any atom is 0.243 e. The van der Waals surface area contributed by atoms with Crippen LogP contribution >= 0.6 is 11.6 Å². The van der Waals surface area contributed by atoms with Gasteiger partial charge < -0.3 is 0 Å². The molecule has 0 spiro atoms. The van der Waals surface area contributed by atoms with Gasteiger partial charge in [0, 0.05) is 41.6 Å². The van der Waals surface area contributed by atoms with Gasteiger partial charge in [0.2, 0.25) is 10.0 Å². The molecule has 2 aliphatic heterocycles. The fourth-order valence-corrected chi connectivity index (χ4v) is 5.90. The quantitative estimate of drug-likeness (QED) is 0.871. The molecule has 0 aliphatic carbocycles. The Balaban J connectivity index is 1.78. The Kier molecular flexibility index (Phi) is 4.07. The van der Waals surface area contributed by atoms with E-state index in [1.54, 1.807) is 16.4 Å². The van der Waals surface area contributed by atoms with Crippen LogP contribution in [0.3, 0.4) is 0 Å². The number of hydrogen-bond donors (Lipinski definition) is 1. The summed E-state index contributed by atoms with van der Waals surface area (Å²) in [6.45, 7) is 0. The molecule has 1 aromatic carbocycles. The van der Waals surface area contributed by atoms with Gasteiger partial charge in [0.15, 0.2) is 0 Å². The Morgan fingerprint density at radius 2 is 1.88 bits per heavy atom. The zero-order valence-corrected chi connectivity index (χ0v) is 15.0. The first-order valence-corrected chi connectivity index (χ1v) is 10.0. The molecule has 8 heteroatoms. The van der Waals surface area contributed by atoms with Crippen molar-refractivity contribution in [2.75, 3.05) is 0 Å². The van der Waals surface area contributed by atoms with Gasteiger partial charge in [0.05, 0.1) is 16.7 Å². The minimum absolute atomic E-state index is 0.134. The van der Waals surface area contributed by atoms with Gasteiger partial charge in [-0.05, 0) is 43.2 Å². The van der Waals surface area contributed by atoms with Crippen LogP contribution in [0.5, 0.6) is 0 Å². The minimum Gasteiger partial charge on any atom is -0.282 e. The third-order valence-electron chi connectivity index (χ3n) is 4.99. The van der Waals surface area contributed by atoms with Crippen LogP contribution in [0.2, 0.25) is 5.02 Å². The summed E-state index contributed by atoms with van der Waals surface area (Å²) in [7, 11) is -3.67. The van der Waals surface area contributed by atoms with Crippen LogP contribution in [0, 0.1) is 17.2 Å². The molecule has 1 saturated heterocycles. The van der Waals surface area contributed by atoms with Crippen LogP contribution in [0.25, 0.3) is 0 Å². The van der Waals surface area contributed by atoms with Crippen molar-refractivity contribution >= 4 is 21.6 Å². The van der Waals surface area contributed by atoms with Crippen molar-refractivity contribution in [2.45, 2.75) is 42.7 Å². The highest BCUT2D eigenvalue weighted by atomic mass is 35.5. The summed E-state index contributed by atoms with van der Waals surface area (Å²) in [6, 6.07) is 10.1. The molecule has 1 fully saturated rings. The Morgan fingerprint density at radius 1 is 1.20 bits per heavy atom. The zero-order valence-electron chi connectivity index (χ0n) is 13.4. The predicted octanol–water partition coefficient (Wildman–Crippen LogP) is 2.52. The van der Waals surface area contributed by atoms with Crippen molar-refractivity contribution in [3.63, 3.8) is 0 Å². The molecule has 0 saturated carbocycles. The van der Waals surface area contributed by atoms with E-state index < -0.39 is 10.0 Å². The SMILES string of the molecule is N#CC1CC2Cc3cc([nH]n3)CC(C1)N2S(=O)(=O)c1ccc(Cl)cc1. The number of aromatic nitrogens is 2. The smallest absolute Gasteiger partial charge is 0.243 e.